The van der Waals surface area contributed by atoms with Gasteiger partial charge in [-0.05, 0) is 77.4 Å². The van der Waals surface area contributed by atoms with E-state index >= 15 is 0 Å². The molecule has 0 amide bonds. The van der Waals surface area contributed by atoms with Gasteiger partial charge in [0.2, 0.25) is 0 Å². The molecule has 1 saturated carbocycles. The van der Waals surface area contributed by atoms with Crippen LogP contribution in [0.4, 0.5) is 0 Å². The van der Waals surface area contributed by atoms with Gasteiger partial charge in [0.15, 0.2) is 0 Å². The zero-order chi connectivity index (χ0) is 21.5. The van der Waals surface area contributed by atoms with E-state index in [0.29, 0.717) is 0 Å². The van der Waals surface area contributed by atoms with Gasteiger partial charge in [0.1, 0.15) is 0 Å². The Kier molecular flexibility index (Phi) is 8.86. The summed E-state index contributed by atoms with van der Waals surface area (Å²) in [6.07, 6.45) is 16.1. The number of aromatic nitrogens is 2. The lowest BCUT2D eigenvalue weighted by molar-refractivity contribution is 0.0911. The largest absolute Gasteiger partial charge is 0.302 e. The minimum atomic E-state index is 0.835. The summed E-state index contributed by atoms with van der Waals surface area (Å²) in [5, 5.41) is 4.69. The molecule has 1 aromatic rings. The van der Waals surface area contributed by atoms with Gasteiger partial charge >= 0.3 is 0 Å². The predicted octanol–water partition coefficient (Wildman–Crippen LogP) is 4.54. The Hall–Kier alpha value is -0.910. The van der Waals surface area contributed by atoms with Gasteiger partial charge < -0.3 is 9.80 Å². The molecule has 1 aromatic heterocycles. The van der Waals surface area contributed by atoms with Crippen LogP contribution >= 0.6 is 0 Å². The molecule has 5 nitrogen and oxygen atoms in total. The van der Waals surface area contributed by atoms with Crippen LogP contribution in [0.15, 0.2) is 6.20 Å². The number of hydrogen-bond acceptors (Lipinski definition) is 4. The molecule has 0 radical (unpaired) electrons. The van der Waals surface area contributed by atoms with Crippen molar-refractivity contribution in [2.24, 2.45) is 5.92 Å². The smallest absolute Gasteiger partial charge is 0.0537 e. The third-order valence-corrected chi connectivity index (χ3v) is 8.12. The molecule has 3 fully saturated rings. The van der Waals surface area contributed by atoms with Crippen molar-refractivity contribution in [1.29, 1.82) is 0 Å². The summed E-state index contributed by atoms with van der Waals surface area (Å²) in [4.78, 5) is 8.34. The van der Waals surface area contributed by atoms with Crippen molar-refractivity contribution in [3.8, 4) is 0 Å². The standard InChI is InChI=1S/C26H47N5/c1-3-13-31-23(2)25(19-27-31)22-29(18-17-28-14-7-4-8-15-28)20-24-10-9-16-30(21-24)26-11-5-6-12-26/h19,24,26H,3-18,20-22H2,1-2H3/t24-/m1/s1. The maximum Gasteiger partial charge on any atom is 0.0537 e. The minimum Gasteiger partial charge on any atom is -0.302 e. The molecule has 4 rings (SSSR count). The molecule has 2 saturated heterocycles. The summed E-state index contributed by atoms with van der Waals surface area (Å²) < 4.78 is 2.21. The highest BCUT2D eigenvalue weighted by Crippen LogP contribution is 2.28. The van der Waals surface area contributed by atoms with E-state index in [0.717, 1.165) is 31.5 Å². The van der Waals surface area contributed by atoms with E-state index in [9.17, 15) is 0 Å². The van der Waals surface area contributed by atoms with Gasteiger partial charge in [0.25, 0.3) is 0 Å². The van der Waals surface area contributed by atoms with Gasteiger partial charge in [-0.3, -0.25) is 9.58 Å². The van der Waals surface area contributed by atoms with E-state index in [1.165, 1.54) is 115 Å². The highest BCUT2D eigenvalue weighted by molar-refractivity contribution is 5.16. The van der Waals surface area contributed by atoms with E-state index in [1.54, 1.807) is 0 Å². The Balaban J connectivity index is 1.37. The maximum atomic E-state index is 4.69. The first kappa shape index (κ1) is 23.3. The van der Waals surface area contributed by atoms with Crippen LogP contribution in [-0.4, -0.2) is 76.3 Å². The first-order chi connectivity index (χ1) is 15.2. The normalized spacial score (nSPS) is 24.4. The quantitative estimate of drug-likeness (QED) is 0.546. The first-order valence-electron chi connectivity index (χ1n) is 13.4. The molecule has 3 heterocycles. The summed E-state index contributed by atoms with van der Waals surface area (Å²) in [5.41, 5.74) is 2.82. The van der Waals surface area contributed by atoms with Crippen molar-refractivity contribution in [2.45, 2.75) is 97.2 Å². The van der Waals surface area contributed by atoms with Crippen LogP contribution in [-0.2, 0) is 13.1 Å². The number of rotatable bonds is 10. The molecule has 5 heteroatoms. The lowest BCUT2D eigenvalue weighted by Gasteiger charge is -2.39. The number of aryl methyl sites for hydroxylation is 1. The van der Waals surface area contributed by atoms with Crippen LogP contribution in [0.25, 0.3) is 0 Å². The van der Waals surface area contributed by atoms with Crippen molar-refractivity contribution in [3.05, 3.63) is 17.5 Å². The Morgan fingerprint density at radius 2 is 1.77 bits per heavy atom. The van der Waals surface area contributed by atoms with E-state index in [1.807, 2.05) is 0 Å². The van der Waals surface area contributed by atoms with Gasteiger partial charge in [-0.2, -0.15) is 5.10 Å². The molecule has 0 unspecified atom stereocenters. The highest BCUT2D eigenvalue weighted by atomic mass is 15.3. The average molecular weight is 430 g/mol. The monoisotopic (exact) mass is 429 g/mol. The van der Waals surface area contributed by atoms with Crippen molar-refractivity contribution in [1.82, 2.24) is 24.5 Å². The molecular weight excluding hydrogens is 382 g/mol. The second-order valence-electron chi connectivity index (χ2n) is 10.6. The van der Waals surface area contributed by atoms with Crippen LogP contribution in [0.2, 0.25) is 0 Å². The highest BCUT2D eigenvalue weighted by Gasteiger charge is 2.29. The molecule has 0 aromatic carbocycles. The predicted molar refractivity (Wildman–Crippen MR) is 129 cm³/mol. The molecule has 0 N–H and O–H groups in total. The summed E-state index contributed by atoms with van der Waals surface area (Å²) in [5.74, 6) is 0.835. The summed E-state index contributed by atoms with van der Waals surface area (Å²) in [7, 11) is 0. The van der Waals surface area contributed by atoms with Gasteiger partial charge in [-0.25, -0.2) is 0 Å². The first-order valence-corrected chi connectivity index (χ1v) is 13.4. The topological polar surface area (TPSA) is 27.5 Å². The molecule has 176 valence electrons. The van der Waals surface area contributed by atoms with Crippen LogP contribution < -0.4 is 0 Å². The number of nitrogens with zero attached hydrogens (tertiary/aromatic N) is 5. The zero-order valence-corrected chi connectivity index (χ0v) is 20.4. The van der Waals surface area contributed by atoms with E-state index < -0.39 is 0 Å². The second kappa shape index (κ2) is 11.8. The number of hydrogen-bond donors (Lipinski definition) is 0. The Morgan fingerprint density at radius 3 is 2.55 bits per heavy atom. The van der Waals surface area contributed by atoms with Crippen molar-refractivity contribution >= 4 is 0 Å². The Morgan fingerprint density at radius 1 is 0.968 bits per heavy atom. The number of piperidine rings is 2. The molecule has 1 atom stereocenters. The van der Waals surface area contributed by atoms with Crippen molar-refractivity contribution in [2.75, 3.05) is 45.8 Å². The summed E-state index contributed by atoms with van der Waals surface area (Å²) in [6, 6.07) is 0.888. The van der Waals surface area contributed by atoms with Crippen LogP contribution in [0, 0.1) is 12.8 Å². The second-order valence-corrected chi connectivity index (χ2v) is 10.6. The van der Waals surface area contributed by atoms with Gasteiger partial charge in [-0.15, -0.1) is 0 Å². The summed E-state index contributed by atoms with van der Waals surface area (Å²) >= 11 is 0. The molecule has 31 heavy (non-hydrogen) atoms. The van der Waals surface area contributed by atoms with Crippen LogP contribution in [0.5, 0.6) is 0 Å². The summed E-state index contributed by atoms with van der Waals surface area (Å²) in [6.45, 7) is 15.6. The third kappa shape index (κ3) is 6.55. The van der Waals surface area contributed by atoms with Crippen LogP contribution in [0.1, 0.15) is 82.4 Å². The molecule has 0 spiro atoms. The molecule has 0 bridgehead atoms. The SMILES string of the molecule is CCCn1ncc(CN(CCN2CCCCC2)C[C@H]2CCCN(C3CCCC3)C2)c1C. The third-order valence-electron chi connectivity index (χ3n) is 8.12. The molecule has 3 aliphatic rings. The maximum absolute atomic E-state index is 4.69. The molecular formula is C26H47N5. The van der Waals surface area contributed by atoms with E-state index in [4.69, 9.17) is 5.10 Å². The van der Waals surface area contributed by atoms with Gasteiger partial charge in [0, 0.05) is 56.6 Å². The minimum absolute atomic E-state index is 0.835. The zero-order valence-electron chi connectivity index (χ0n) is 20.4. The Bertz CT molecular complexity index is 644. The van der Waals surface area contributed by atoms with Gasteiger partial charge in [-0.1, -0.05) is 26.2 Å². The molecule has 1 aliphatic carbocycles. The lowest BCUT2D eigenvalue weighted by atomic mass is 9.95. The fraction of sp³-hybridized carbons (Fsp3) is 0.885. The van der Waals surface area contributed by atoms with Gasteiger partial charge in [0.05, 0.1) is 6.20 Å². The van der Waals surface area contributed by atoms with E-state index in [2.05, 4.69) is 39.4 Å². The fourth-order valence-corrected chi connectivity index (χ4v) is 6.23. The molecule has 2 aliphatic heterocycles. The average Bonchev–Trinajstić information content (AvgIpc) is 3.45. The van der Waals surface area contributed by atoms with Crippen LogP contribution in [0.3, 0.4) is 0 Å². The Labute approximate surface area is 191 Å². The van der Waals surface area contributed by atoms with E-state index in [-0.39, 0.29) is 0 Å². The van der Waals surface area contributed by atoms with Crippen molar-refractivity contribution < 1.29 is 0 Å². The number of likely N-dealkylation sites (tertiary alicyclic amines) is 2. The van der Waals surface area contributed by atoms with Crippen molar-refractivity contribution in [3.63, 3.8) is 0 Å². The fourth-order valence-electron chi connectivity index (χ4n) is 6.23. The lowest BCUT2D eigenvalue weighted by Crippen LogP contribution is -2.46.